The molecule has 56 heavy (non-hydrogen) atoms. The molecule has 2 aromatic heterocycles. The molecule has 3 nitrogen and oxygen atoms in total. The molecule has 266 valence electrons. The van der Waals surface area contributed by atoms with Crippen molar-refractivity contribution in [3.63, 3.8) is 0 Å². The molecule has 0 fully saturated rings. The van der Waals surface area contributed by atoms with E-state index in [1.54, 1.807) is 0 Å². The number of fused-ring (bicyclic) bond motifs is 5. The van der Waals surface area contributed by atoms with E-state index in [2.05, 4.69) is 157 Å². The van der Waals surface area contributed by atoms with Gasteiger partial charge in [-0.3, -0.25) is 4.98 Å². The van der Waals surface area contributed by atoms with Crippen LogP contribution in [0.4, 0.5) is 0 Å². The third-order valence-electron chi connectivity index (χ3n) is 12.0. The first-order valence-electron chi connectivity index (χ1n) is 19.5. The molecule has 0 atom stereocenters. The molecule has 0 aliphatic heterocycles. The molecule has 9 aromatic rings. The summed E-state index contributed by atoms with van der Waals surface area (Å²) in [6.07, 6.45) is 6.50. The second-order valence-electron chi connectivity index (χ2n) is 15.7. The van der Waals surface area contributed by atoms with Crippen LogP contribution in [-0.4, -0.2) is 9.97 Å². The van der Waals surface area contributed by atoms with Gasteiger partial charge in [0, 0.05) is 11.6 Å². The van der Waals surface area contributed by atoms with Gasteiger partial charge in [-0.15, -0.1) is 0 Å². The average Bonchev–Trinajstić information content (AvgIpc) is 3.81. The highest BCUT2D eigenvalue weighted by Crippen LogP contribution is 2.48. The number of aromatic nitrogens is 2. The standard InChI is InChI=1S/C53H38N2O/c1-2-10-35(11-3-1)39-21-23-47-41(27-39)22-24-48-49(47)30-51(50-18-6-7-25-54-50)55-52(48)56-46-17-9-16-38(29-46)36-14-8-15-37(26-36)40-19-20-44-33-53(34-45(44)28-40)31-42-12-4-5-13-43(42)32-53/h1-30H,31-34H2. The first kappa shape index (κ1) is 32.6. The van der Waals surface area contributed by atoms with Gasteiger partial charge in [0.2, 0.25) is 5.88 Å². The van der Waals surface area contributed by atoms with E-state index in [-0.39, 0.29) is 0 Å². The first-order valence-corrected chi connectivity index (χ1v) is 19.5. The molecule has 0 bridgehead atoms. The highest BCUT2D eigenvalue weighted by Gasteiger charge is 2.41. The number of hydrogen-bond donors (Lipinski definition) is 0. The maximum absolute atomic E-state index is 6.75. The highest BCUT2D eigenvalue weighted by molar-refractivity contribution is 6.10. The second kappa shape index (κ2) is 13.2. The predicted molar refractivity (Wildman–Crippen MR) is 229 cm³/mol. The molecule has 11 rings (SSSR count). The first-order chi connectivity index (χ1) is 27.6. The topological polar surface area (TPSA) is 35.0 Å². The Bertz CT molecular complexity index is 2930. The maximum atomic E-state index is 6.75. The van der Waals surface area contributed by atoms with E-state index in [9.17, 15) is 0 Å². The molecule has 0 saturated carbocycles. The lowest BCUT2D eigenvalue weighted by atomic mass is 9.82. The minimum Gasteiger partial charge on any atom is -0.438 e. The van der Waals surface area contributed by atoms with Crippen LogP contribution in [0.2, 0.25) is 0 Å². The van der Waals surface area contributed by atoms with Crippen LogP contribution >= 0.6 is 0 Å². The maximum Gasteiger partial charge on any atom is 0.227 e. The highest BCUT2D eigenvalue weighted by atomic mass is 16.5. The lowest BCUT2D eigenvalue weighted by Crippen LogP contribution is -2.21. The van der Waals surface area contributed by atoms with Crippen LogP contribution in [0.25, 0.3) is 66.3 Å². The van der Waals surface area contributed by atoms with Crippen molar-refractivity contribution in [2.24, 2.45) is 5.41 Å². The van der Waals surface area contributed by atoms with Crippen molar-refractivity contribution in [2.45, 2.75) is 25.7 Å². The average molecular weight is 719 g/mol. The molecule has 0 amide bonds. The third kappa shape index (κ3) is 5.84. The van der Waals surface area contributed by atoms with E-state index in [1.807, 2.05) is 30.5 Å². The summed E-state index contributed by atoms with van der Waals surface area (Å²) in [5.41, 5.74) is 15.1. The summed E-state index contributed by atoms with van der Waals surface area (Å²) in [6, 6.07) is 63.0. The predicted octanol–water partition coefficient (Wildman–Crippen LogP) is 13.1. The third-order valence-corrected chi connectivity index (χ3v) is 12.0. The summed E-state index contributed by atoms with van der Waals surface area (Å²) < 4.78 is 6.75. The van der Waals surface area contributed by atoms with Gasteiger partial charge < -0.3 is 4.74 Å². The fraction of sp³-hybridized carbons (Fsp3) is 0.0943. The Hall–Kier alpha value is -6.84. The van der Waals surface area contributed by atoms with Crippen molar-refractivity contribution in [2.75, 3.05) is 0 Å². The van der Waals surface area contributed by atoms with Gasteiger partial charge in [-0.1, -0.05) is 127 Å². The van der Waals surface area contributed by atoms with E-state index in [0.717, 1.165) is 56.2 Å². The normalized spacial score (nSPS) is 13.9. The van der Waals surface area contributed by atoms with Gasteiger partial charge >= 0.3 is 0 Å². The molecule has 0 saturated heterocycles. The zero-order chi connectivity index (χ0) is 37.1. The Balaban J connectivity index is 0.919. The number of hydrogen-bond acceptors (Lipinski definition) is 3. The molecule has 3 heteroatoms. The molecule has 2 aliphatic carbocycles. The second-order valence-corrected chi connectivity index (χ2v) is 15.7. The molecule has 2 heterocycles. The van der Waals surface area contributed by atoms with Crippen LogP contribution in [0, 0.1) is 5.41 Å². The number of benzene rings is 7. The SMILES string of the molecule is c1ccc(-c2ccc3c(ccc4c(Oc5cccc(-c6cccc(-c7ccc8c(c7)CC7(Cc9ccccc9C7)C8)c6)c5)nc(-c5ccccn5)cc43)c2)cc1. The molecular weight excluding hydrogens is 681 g/mol. The number of pyridine rings is 2. The fourth-order valence-electron chi connectivity index (χ4n) is 9.33. The zero-order valence-corrected chi connectivity index (χ0v) is 31.0. The Morgan fingerprint density at radius 2 is 1.02 bits per heavy atom. The van der Waals surface area contributed by atoms with E-state index < -0.39 is 0 Å². The van der Waals surface area contributed by atoms with Crippen molar-refractivity contribution in [3.8, 4) is 56.4 Å². The van der Waals surface area contributed by atoms with Crippen molar-refractivity contribution in [1.29, 1.82) is 0 Å². The van der Waals surface area contributed by atoms with Gasteiger partial charge in [0.1, 0.15) is 5.75 Å². The molecule has 1 spiro atoms. The van der Waals surface area contributed by atoms with E-state index in [4.69, 9.17) is 9.72 Å². The van der Waals surface area contributed by atoms with Gasteiger partial charge in [-0.25, -0.2) is 4.98 Å². The van der Waals surface area contributed by atoms with E-state index >= 15 is 0 Å². The summed E-state index contributed by atoms with van der Waals surface area (Å²) in [4.78, 5) is 9.73. The lowest BCUT2D eigenvalue weighted by Gasteiger charge is -2.21. The monoisotopic (exact) mass is 718 g/mol. The summed E-state index contributed by atoms with van der Waals surface area (Å²) in [5.74, 6) is 1.30. The van der Waals surface area contributed by atoms with Crippen LogP contribution < -0.4 is 4.74 Å². The summed E-state index contributed by atoms with van der Waals surface area (Å²) in [5, 5.41) is 4.34. The van der Waals surface area contributed by atoms with Crippen LogP contribution in [0.15, 0.2) is 182 Å². The number of rotatable bonds is 6. The Morgan fingerprint density at radius 1 is 0.393 bits per heavy atom. The Labute approximate surface area is 327 Å². The summed E-state index contributed by atoms with van der Waals surface area (Å²) >= 11 is 0. The molecule has 2 aliphatic rings. The van der Waals surface area contributed by atoms with Crippen molar-refractivity contribution >= 4 is 21.5 Å². The summed E-state index contributed by atoms with van der Waals surface area (Å²) in [7, 11) is 0. The van der Waals surface area contributed by atoms with E-state index in [1.165, 1.54) is 63.8 Å². The van der Waals surface area contributed by atoms with Gasteiger partial charge in [-0.05, 0) is 151 Å². The summed E-state index contributed by atoms with van der Waals surface area (Å²) in [6.45, 7) is 0. The van der Waals surface area contributed by atoms with Crippen LogP contribution in [-0.2, 0) is 25.7 Å². The molecule has 7 aromatic carbocycles. The molecule has 0 radical (unpaired) electrons. The minimum absolute atomic E-state index is 0.337. The largest absolute Gasteiger partial charge is 0.438 e. The van der Waals surface area contributed by atoms with E-state index in [0.29, 0.717) is 11.3 Å². The smallest absolute Gasteiger partial charge is 0.227 e. The number of nitrogens with zero attached hydrogens (tertiary/aromatic N) is 2. The van der Waals surface area contributed by atoms with Gasteiger partial charge in [0.05, 0.1) is 11.4 Å². The Kier molecular flexibility index (Phi) is 7.67. The van der Waals surface area contributed by atoms with Crippen LogP contribution in [0.3, 0.4) is 0 Å². The zero-order valence-electron chi connectivity index (χ0n) is 31.0. The Morgan fingerprint density at radius 3 is 1.80 bits per heavy atom. The quantitative estimate of drug-likeness (QED) is 0.161. The minimum atomic E-state index is 0.337. The molecule has 0 unspecified atom stereocenters. The van der Waals surface area contributed by atoms with Crippen molar-refractivity contribution in [3.05, 3.63) is 204 Å². The van der Waals surface area contributed by atoms with Gasteiger partial charge in [0.25, 0.3) is 0 Å². The van der Waals surface area contributed by atoms with Gasteiger partial charge in [-0.2, -0.15) is 0 Å². The van der Waals surface area contributed by atoms with Crippen LogP contribution in [0.1, 0.15) is 22.3 Å². The molecular formula is C53H38N2O. The fourth-order valence-corrected chi connectivity index (χ4v) is 9.33. The van der Waals surface area contributed by atoms with Gasteiger partial charge in [0.15, 0.2) is 0 Å². The van der Waals surface area contributed by atoms with Crippen molar-refractivity contribution in [1.82, 2.24) is 9.97 Å². The lowest BCUT2D eigenvalue weighted by molar-refractivity contribution is 0.326. The van der Waals surface area contributed by atoms with Crippen molar-refractivity contribution < 1.29 is 4.74 Å². The number of ether oxygens (including phenoxy) is 1. The van der Waals surface area contributed by atoms with Crippen LogP contribution in [0.5, 0.6) is 11.6 Å². The molecule has 0 N–H and O–H groups in total.